The molecule has 0 saturated heterocycles. The second-order valence-corrected chi connectivity index (χ2v) is 6.85. The van der Waals surface area contributed by atoms with Crippen LogP contribution in [-0.2, 0) is 14.8 Å². The molecule has 1 unspecified atom stereocenters. The Bertz CT molecular complexity index is 590. The van der Waals surface area contributed by atoms with Crippen LogP contribution in [0.2, 0.25) is 0 Å². The van der Waals surface area contributed by atoms with E-state index in [0.29, 0.717) is 12.3 Å². The predicted octanol–water partition coefficient (Wildman–Crippen LogP) is 1.55. The van der Waals surface area contributed by atoms with E-state index in [4.69, 9.17) is 5.73 Å². The average molecular weight is 351 g/mol. The number of carbonyl (C=O) groups is 1. The molecule has 0 aliphatic heterocycles. The first-order chi connectivity index (χ1) is 9.81. The van der Waals surface area contributed by atoms with Crippen LogP contribution in [0.1, 0.15) is 30.6 Å². The predicted molar refractivity (Wildman–Crippen MR) is 87.6 cm³/mol. The van der Waals surface area contributed by atoms with E-state index in [2.05, 4.69) is 9.46 Å². The monoisotopic (exact) mass is 350 g/mol. The third-order valence-electron chi connectivity index (χ3n) is 2.94. The number of methoxy groups -OCH3 is 1. The van der Waals surface area contributed by atoms with Gasteiger partial charge in [-0.3, -0.25) is 0 Å². The van der Waals surface area contributed by atoms with Crippen LogP contribution < -0.4 is 10.5 Å². The molecule has 6 nitrogen and oxygen atoms in total. The van der Waals surface area contributed by atoms with Crippen LogP contribution in [0.15, 0.2) is 29.2 Å². The third-order valence-corrected chi connectivity index (χ3v) is 4.52. The number of carbonyl (C=O) groups excluding carboxylic acids is 1. The molecule has 0 spiro atoms. The first-order valence-electron chi connectivity index (χ1n) is 6.71. The summed E-state index contributed by atoms with van der Waals surface area (Å²) in [5, 5.41) is 0. The standard InChI is InChI=1S/C14H22N2O4S.ClH/c1-10(2)8-11(9-15)16-21(18,19)13-7-5-4-6-12(13)14(17)20-3;/h4-7,10-11,16H,8-9,15H2,1-3H3;1H. The van der Waals surface area contributed by atoms with Gasteiger partial charge in [-0.05, 0) is 24.5 Å². The van der Waals surface area contributed by atoms with E-state index < -0.39 is 16.0 Å². The Kier molecular flexibility index (Phi) is 8.62. The van der Waals surface area contributed by atoms with Crippen LogP contribution in [0.25, 0.3) is 0 Å². The van der Waals surface area contributed by atoms with E-state index >= 15 is 0 Å². The van der Waals surface area contributed by atoms with Crippen molar-refractivity contribution in [1.29, 1.82) is 0 Å². The van der Waals surface area contributed by atoms with Crippen molar-refractivity contribution in [2.75, 3.05) is 13.7 Å². The summed E-state index contributed by atoms with van der Waals surface area (Å²) in [5.74, 6) is -0.388. The Morgan fingerprint density at radius 1 is 1.32 bits per heavy atom. The number of benzene rings is 1. The molecule has 1 aromatic carbocycles. The molecule has 0 aliphatic carbocycles. The quantitative estimate of drug-likeness (QED) is 0.727. The van der Waals surface area contributed by atoms with Crippen molar-refractivity contribution in [3.63, 3.8) is 0 Å². The lowest BCUT2D eigenvalue weighted by atomic mass is 10.1. The molecule has 126 valence electrons. The summed E-state index contributed by atoms with van der Waals surface area (Å²) < 4.78 is 32.1. The maximum Gasteiger partial charge on any atom is 0.339 e. The molecule has 0 amide bonds. The number of hydrogen-bond donors (Lipinski definition) is 2. The molecule has 1 aromatic rings. The Morgan fingerprint density at radius 3 is 2.41 bits per heavy atom. The van der Waals surface area contributed by atoms with E-state index in [1.807, 2.05) is 13.8 Å². The summed E-state index contributed by atoms with van der Waals surface area (Å²) >= 11 is 0. The number of sulfonamides is 1. The van der Waals surface area contributed by atoms with Crippen LogP contribution in [0.3, 0.4) is 0 Å². The SMILES string of the molecule is COC(=O)c1ccccc1S(=O)(=O)NC(CN)CC(C)C.Cl. The van der Waals surface area contributed by atoms with E-state index in [1.165, 1.54) is 19.2 Å². The van der Waals surface area contributed by atoms with Crippen molar-refractivity contribution in [3.05, 3.63) is 29.8 Å². The first-order valence-corrected chi connectivity index (χ1v) is 8.19. The number of esters is 1. The number of ether oxygens (including phenoxy) is 1. The van der Waals surface area contributed by atoms with Crippen molar-refractivity contribution < 1.29 is 17.9 Å². The summed E-state index contributed by atoms with van der Waals surface area (Å²) in [7, 11) is -2.62. The highest BCUT2D eigenvalue weighted by Crippen LogP contribution is 2.17. The fraction of sp³-hybridized carbons (Fsp3) is 0.500. The highest BCUT2D eigenvalue weighted by atomic mass is 35.5. The zero-order chi connectivity index (χ0) is 16.0. The van der Waals surface area contributed by atoms with E-state index in [0.717, 1.165) is 0 Å². The van der Waals surface area contributed by atoms with Crippen LogP contribution >= 0.6 is 12.4 Å². The lowest BCUT2D eigenvalue weighted by molar-refractivity contribution is 0.0596. The molecule has 1 rings (SSSR count). The lowest BCUT2D eigenvalue weighted by Crippen LogP contribution is -2.41. The molecule has 0 aliphatic rings. The van der Waals surface area contributed by atoms with Crippen molar-refractivity contribution in [3.8, 4) is 0 Å². The number of rotatable bonds is 7. The van der Waals surface area contributed by atoms with Gasteiger partial charge in [0, 0.05) is 12.6 Å². The molecular weight excluding hydrogens is 328 g/mol. The van der Waals surface area contributed by atoms with E-state index in [9.17, 15) is 13.2 Å². The minimum atomic E-state index is -3.83. The molecule has 0 fully saturated rings. The highest BCUT2D eigenvalue weighted by Gasteiger charge is 2.25. The summed E-state index contributed by atoms with van der Waals surface area (Å²) in [6.07, 6.45) is 0.621. The van der Waals surface area contributed by atoms with E-state index in [-0.39, 0.29) is 35.5 Å². The summed E-state index contributed by atoms with van der Waals surface area (Å²) in [5.41, 5.74) is 5.62. The fourth-order valence-electron chi connectivity index (χ4n) is 2.02. The second-order valence-electron chi connectivity index (χ2n) is 5.17. The Hall–Kier alpha value is -1.15. The van der Waals surface area contributed by atoms with Crippen LogP contribution in [0.4, 0.5) is 0 Å². The molecule has 22 heavy (non-hydrogen) atoms. The number of hydrogen-bond acceptors (Lipinski definition) is 5. The van der Waals surface area contributed by atoms with Gasteiger partial charge in [0.15, 0.2) is 0 Å². The van der Waals surface area contributed by atoms with Gasteiger partial charge in [0.1, 0.15) is 0 Å². The van der Waals surface area contributed by atoms with Gasteiger partial charge in [0.25, 0.3) is 0 Å². The molecule has 0 radical (unpaired) electrons. The lowest BCUT2D eigenvalue weighted by Gasteiger charge is -2.19. The number of nitrogens with two attached hydrogens (primary N) is 1. The number of halogens is 1. The van der Waals surface area contributed by atoms with Gasteiger partial charge in [-0.15, -0.1) is 12.4 Å². The number of nitrogens with one attached hydrogen (secondary N) is 1. The summed E-state index contributed by atoms with van der Waals surface area (Å²) in [6.45, 7) is 4.16. The largest absolute Gasteiger partial charge is 0.465 e. The molecule has 0 bridgehead atoms. The zero-order valence-corrected chi connectivity index (χ0v) is 14.5. The average Bonchev–Trinajstić information content (AvgIpc) is 2.45. The minimum Gasteiger partial charge on any atom is -0.465 e. The molecule has 8 heteroatoms. The van der Waals surface area contributed by atoms with Crippen LogP contribution in [-0.4, -0.2) is 34.1 Å². The Labute approximate surface area is 137 Å². The Morgan fingerprint density at radius 2 is 1.91 bits per heavy atom. The van der Waals surface area contributed by atoms with Crippen molar-refractivity contribution in [2.45, 2.75) is 31.2 Å². The van der Waals surface area contributed by atoms with Crippen molar-refractivity contribution in [1.82, 2.24) is 4.72 Å². The van der Waals surface area contributed by atoms with Gasteiger partial charge >= 0.3 is 5.97 Å². The van der Waals surface area contributed by atoms with Crippen LogP contribution in [0.5, 0.6) is 0 Å². The normalized spacial score (nSPS) is 12.6. The summed E-state index contributed by atoms with van der Waals surface area (Å²) in [4.78, 5) is 11.6. The zero-order valence-electron chi connectivity index (χ0n) is 12.9. The molecular formula is C14H23ClN2O4S. The van der Waals surface area contributed by atoms with Crippen LogP contribution in [0, 0.1) is 5.92 Å². The summed E-state index contributed by atoms with van der Waals surface area (Å²) in [6, 6.07) is 5.55. The topological polar surface area (TPSA) is 98.5 Å². The fourth-order valence-corrected chi connectivity index (χ4v) is 3.48. The smallest absolute Gasteiger partial charge is 0.339 e. The van der Waals surface area contributed by atoms with Crippen molar-refractivity contribution in [2.24, 2.45) is 11.7 Å². The molecule has 1 atom stereocenters. The van der Waals surface area contributed by atoms with Gasteiger partial charge in [-0.25, -0.2) is 17.9 Å². The van der Waals surface area contributed by atoms with E-state index in [1.54, 1.807) is 12.1 Å². The molecule has 0 heterocycles. The maximum absolute atomic E-state index is 12.4. The Balaban J connectivity index is 0.00000441. The molecule has 0 aromatic heterocycles. The third kappa shape index (κ3) is 5.57. The van der Waals surface area contributed by atoms with Gasteiger partial charge in [-0.1, -0.05) is 26.0 Å². The second kappa shape index (κ2) is 9.09. The first kappa shape index (κ1) is 20.9. The molecule has 3 N–H and O–H groups in total. The van der Waals surface area contributed by atoms with Gasteiger partial charge in [0.05, 0.1) is 17.6 Å². The molecule has 0 saturated carbocycles. The van der Waals surface area contributed by atoms with Gasteiger partial charge in [0.2, 0.25) is 10.0 Å². The van der Waals surface area contributed by atoms with Crippen molar-refractivity contribution >= 4 is 28.4 Å². The van der Waals surface area contributed by atoms with Gasteiger partial charge < -0.3 is 10.5 Å². The maximum atomic E-state index is 12.4. The highest BCUT2D eigenvalue weighted by molar-refractivity contribution is 7.89. The minimum absolute atomic E-state index is 0. The van der Waals surface area contributed by atoms with Gasteiger partial charge in [-0.2, -0.15) is 0 Å².